The number of halogens is 1. The summed E-state index contributed by atoms with van der Waals surface area (Å²) in [5.74, 6) is 0. The Morgan fingerprint density at radius 2 is 1.92 bits per heavy atom. The summed E-state index contributed by atoms with van der Waals surface area (Å²) in [4.78, 5) is 20.9. The van der Waals surface area contributed by atoms with E-state index in [0.717, 1.165) is 5.56 Å². The number of rotatable bonds is 2. The first kappa shape index (κ1) is 8.94. The number of carbonyl (C=O) groups excluding carboxylic acids is 2. The second kappa shape index (κ2) is 3.50. The molecule has 0 N–H and O–H groups in total. The molecule has 1 rings (SSSR count). The number of carbonyl (C=O) groups is 2. The first-order chi connectivity index (χ1) is 5.70. The summed E-state index contributed by atoms with van der Waals surface area (Å²) in [6.45, 7) is 1.77. The molecule has 0 radical (unpaired) electrons. The summed E-state index contributed by atoms with van der Waals surface area (Å²) in [5.41, 5.74) is 1.52. The monoisotopic (exact) mass is 182 g/mol. The van der Waals surface area contributed by atoms with E-state index in [9.17, 15) is 9.59 Å². The Labute approximate surface area is 75.2 Å². The third-order valence-electron chi connectivity index (χ3n) is 1.67. The van der Waals surface area contributed by atoms with Gasteiger partial charge in [-0.3, -0.25) is 9.59 Å². The minimum absolute atomic E-state index is 0.236. The first-order valence-corrected chi connectivity index (χ1v) is 3.78. The second-order valence-electron chi connectivity index (χ2n) is 2.44. The van der Waals surface area contributed by atoms with Gasteiger partial charge in [0.15, 0.2) is 12.6 Å². The molecule has 1 aromatic rings. The van der Waals surface area contributed by atoms with E-state index in [0.29, 0.717) is 23.7 Å². The van der Waals surface area contributed by atoms with Gasteiger partial charge in [-0.25, -0.2) is 0 Å². The molecule has 0 saturated heterocycles. The molecule has 1 aromatic carbocycles. The number of hydrogen-bond acceptors (Lipinski definition) is 2. The van der Waals surface area contributed by atoms with Gasteiger partial charge < -0.3 is 0 Å². The summed E-state index contributed by atoms with van der Waals surface area (Å²) in [5, 5.41) is 0.236. The van der Waals surface area contributed by atoms with Gasteiger partial charge in [-0.2, -0.15) is 0 Å². The molecule has 0 unspecified atom stereocenters. The van der Waals surface area contributed by atoms with Crippen molar-refractivity contribution in [2.75, 3.05) is 0 Å². The first-order valence-electron chi connectivity index (χ1n) is 3.40. The van der Waals surface area contributed by atoms with Crippen LogP contribution < -0.4 is 0 Å². The quantitative estimate of drug-likeness (QED) is 0.658. The fraction of sp³-hybridized carbons (Fsp3) is 0.111. The highest BCUT2D eigenvalue weighted by molar-refractivity contribution is 6.35. The minimum Gasteiger partial charge on any atom is -0.298 e. The fourth-order valence-electron chi connectivity index (χ4n) is 0.942. The molecule has 3 heteroatoms. The lowest BCUT2D eigenvalue weighted by Gasteiger charge is -2.02. The average Bonchev–Trinajstić information content (AvgIpc) is 2.06. The van der Waals surface area contributed by atoms with Crippen molar-refractivity contribution in [1.82, 2.24) is 0 Å². The summed E-state index contributed by atoms with van der Waals surface area (Å²) in [6, 6.07) is 3.29. The van der Waals surface area contributed by atoms with E-state index in [1.807, 2.05) is 0 Å². The number of benzene rings is 1. The zero-order valence-corrected chi connectivity index (χ0v) is 7.26. The standard InChI is InChI=1S/C9H7ClO2/c1-6-2-3-7(4-11)9(10)8(6)5-12/h2-5H,1H3. The van der Waals surface area contributed by atoms with Crippen molar-refractivity contribution in [3.05, 3.63) is 33.8 Å². The Kier molecular flexibility index (Phi) is 2.61. The van der Waals surface area contributed by atoms with Crippen LogP contribution in [0.1, 0.15) is 26.3 Å². The van der Waals surface area contributed by atoms with Crippen molar-refractivity contribution in [3.63, 3.8) is 0 Å². The van der Waals surface area contributed by atoms with Gasteiger partial charge in [0, 0.05) is 11.1 Å². The van der Waals surface area contributed by atoms with E-state index in [-0.39, 0.29) is 5.02 Å². The number of aldehydes is 2. The Morgan fingerprint density at radius 3 is 2.42 bits per heavy atom. The highest BCUT2D eigenvalue weighted by atomic mass is 35.5. The fourth-order valence-corrected chi connectivity index (χ4v) is 1.24. The number of hydrogen-bond donors (Lipinski definition) is 0. The lowest BCUT2D eigenvalue weighted by Crippen LogP contribution is -1.92. The van der Waals surface area contributed by atoms with Crippen LogP contribution in [0.4, 0.5) is 0 Å². The van der Waals surface area contributed by atoms with Gasteiger partial charge >= 0.3 is 0 Å². The molecule has 0 aliphatic heterocycles. The van der Waals surface area contributed by atoms with Crippen molar-refractivity contribution < 1.29 is 9.59 Å². The summed E-state index contributed by atoms with van der Waals surface area (Å²) in [6.07, 6.45) is 1.29. The van der Waals surface area contributed by atoms with E-state index < -0.39 is 0 Å². The predicted molar refractivity (Wildman–Crippen MR) is 47.0 cm³/mol. The van der Waals surface area contributed by atoms with Crippen LogP contribution in [0.3, 0.4) is 0 Å². The normalized spacial score (nSPS) is 9.50. The minimum atomic E-state index is 0.236. The lowest BCUT2D eigenvalue weighted by atomic mass is 10.1. The Hall–Kier alpha value is -1.15. The molecule has 12 heavy (non-hydrogen) atoms. The van der Waals surface area contributed by atoms with Gasteiger partial charge in [0.25, 0.3) is 0 Å². The maximum Gasteiger partial charge on any atom is 0.151 e. The Bertz CT molecular complexity index is 332. The molecular formula is C9H7ClO2. The average molecular weight is 183 g/mol. The van der Waals surface area contributed by atoms with Crippen molar-refractivity contribution in [3.8, 4) is 0 Å². The summed E-state index contributed by atoms with van der Waals surface area (Å²) in [7, 11) is 0. The van der Waals surface area contributed by atoms with Crippen LogP contribution in [0.5, 0.6) is 0 Å². The predicted octanol–water partition coefficient (Wildman–Crippen LogP) is 2.27. The molecule has 0 bridgehead atoms. The van der Waals surface area contributed by atoms with Crippen molar-refractivity contribution >= 4 is 24.2 Å². The van der Waals surface area contributed by atoms with Gasteiger partial charge in [0.1, 0.15) is 0 Å². The SMILES string of the molecule is Cc1ccc(C=O)c(Cl)c1C=O. The smallest absolute Gasteiger partial charge is 0.151 e. The highest BCUT2D eigenvalue weighted by Crippen LogP contribution is 2.21. The third kappa shape index (κ3) is 1.38. The van der Waals surface area contributed by atoms with Crippen LogP contribution in [0.2, 0.25) is 5.02 Å². The molecular weight excluding hydrogens is 176 g/mol. The van der Waals surface area contributed by atoms with Crippen molar-refractivity contribution in [1.29, 1.82) is 0 Å². The molecule has 0 heterocycles. The summed E-state index contributed by atoms with van der Waals surface area (Å²) >= 11 is 5.75. The molecule has 2 nitrogen and oxygen atoms in total. The van der Waals surface area contributed by atoms with Crippen LogP contribution in [-0.4, -0.2) is 12.6 Å². The molecule has 0 aromatic heterocycles. The molecule has 0 amide bonds. The molecule has 62 valence electrons. The van der Waals surface area contributed by atoms with Crippen LogP contribution in [0, 0.1) is 6.92 Å². The molecule has 0 atom stereocenters. The van der Waals surface area contributed by atoms with Gasteiger partial charge in [-0.15, -0.1) is 0 Å². The zero-order chi connectivity index (χ0) is 9.14. The topological polar surface area (TPSA) is 34.1 Å². The lowest BCUT2D eigenvalue weighted by molar-refractivity contribution is 0.112. The van der Waals surface area contributed by atoms with Crippen molar-refractivity contribution in [2.45, 2.75) is 6.92 Å². The van der Waals surface area contributed by atoms with Crippen LogP contribution >= 0.6 is 11.6 Å². The summed E-state index contributed by atoms with van der Waals surface area (Å²) < 4.78 is 0. The molecule has 0 aliphatic carbocycles. The largest absolute Gasteiger partial charge is 0.298 e. The van der Waals surface area contributed by atoms with E-state index >= 15 is 0 Å². The zero-order valence-electron chi connectivity index (χ0n) is 6.50. The molecule has 0 spiro atoms. The van der Waals surface area contributed by atoms with Crippen LogP contribution in [0.25, 0.3) is 0 Å². The highest BCUT2D eigenvalue weighted by Gasteiger charge is 2.06. The van der Waals surface area contributed by atoms with Gasteiger partial charge in [-0.1, -0.05) is 17.7 Å². The molecule has 0 aliphatic rings. The van der Waals surface area contributed by atoms with Gasteiger partial charge in [0.2, 0.25) is 0 Å². The second-order valence-corrected chi connectivity index (χ2v) is 2.81. The maximum absolute atomic E-state index is 10.5. The van der Waals surface area contributed by atoms with Gasteiger partial charge in [-0.05, 0) is 18.6 Å². The van der Waals surface area contributed by atoms with Gasteiger partial charge in [0.05, 0.1) is 5.02 Å². The maximum atomic E-state index is 10.5. The van der Waals surface area contributed by atoms with Crippen molar-refractivity contribution in [2.24, 2.45) is 0 Å². The molecule has 0 saturated carbocycles. The Balaban J connectivity index is 3.43. The van der Waals surface area contributed by atoms with E-state index in [1.54, 1.807) is 19.1 Å². The van der Waals surface area contributed by atoms with E-state index in [2.05, 4.69) is 0 Å². The van der Waals surface area contributed by atoms with E-state index in [4.69, 9.17) is 11.6 Å². The Morgan fingerprint density at radius 1 is 1.25 bits per heavy atom. The molecule has 0 fully saturated rings. The van der Waals surface area contributed by atoms with Crippen LogP contribution in [-0.2, 0) is 0 Å². The number of aryl methyl sites for hydroxylation is 1. The van der Waals surface area contributed by atoms with E-state index in [1.165, 1.54) is 0 Å². The van der Waals surface area contributed by atoms with Crippen LogP contribution in [0.15, 0.2) is 12.1 Å². The third-order valence-corrected chi connectivity index (χ3v) is 2.09.